The van der Waals surface area contributed by atoms with E-state index >= 15 is 0 Å². The van der Waals surface area contributed by atoms with Crippen LogP contribution in [0.3, 0.4) is 0 Å². The van der Waals surface area contributed by atoms with E-state index in [0.717, 1.165) is 0 Å². The molecule has 0 spiro atoms. The van der Waals surface area contributed by atoms with Crippen molar-refractivity contribution in [2.75, 3.05) is 18.8 Å². The standard InChI is InChI=1S/C10H14N4O3S/c1-11-10(15)6-4-8-3-5-9(13-7-8)14-18(16,17)12-2/h3-7,12H,1-2H3,(H,11,15)(H,13,14). The Hall–Kier alpha value is -1.93. The molecule has 8 heteroatoms. The van der Waals surface area contributed by atoms with E-state index in [-0.39, 0.29) is 11.7 Å². The summed E-state index contributed by atoms with van der Waals surface area (Å²) in [6, 6.07) is 3.14. The number of hydrogen-bond acceptors (Lipinski definition) is 4. The van der Waals surface area contributed by atoms with Crippen molar-refractivity contribution in [3.8, 4) is 0 Å². The molecule has 0 atom stereocenters. The molecule has 1 aromatic rings. The maximum atomic E-state index is 11.2. The molecule has 1 aromatic heterocycles. The molecule has 98 valence electrons. The second kappa shape index (κ2) is 6.12. The van der Waals surface area contributed by atoms with Gasteiger partial charge in [-0.05, 0) is 23.8 Å². The summed E-state index contributed by atoms with van der Waals surface area (Å²) in [5.41, 5.74) is 0.686. The van der Waals surface area contributed by atoms with Crippen LogP contribution in [-0.2, 0) is 15.0 Å². The minimum atomic E-state index is -3.56. The van der Waals surface area contributed by atoms with Gasteiger partial charge in [-0.25, -0.2) is 9.71 Å². The summed E-state index contributed by atoms with van der Waals surface area (Å²) >= 11 is 0. The molecular weight excluding hydrogens is 256 g/mol. The van der Waals surface area contributed by atoms with Crippen molar-refractivity contribution in [3.05, 3.63) is 30.0 Å². The molecule has 0 aliphatic heterocycles. The van der Waals surface area contributed by atoms with Crippen molar-refractivity contribution < 1.29 is 13.2 Å². The number of aromatic nitrogens is 1. The maximum absolute atomic E-state index is 11.2. The van der Waals surface area contributed by atoms with Gasteiger partial charge < -0.3 is 5.32 Å². The van der Waals surface area contributed by atoms with Crippen LogP contribution in [0.2, 0.25) is 0 Å². The number of carbonyl (C=O) groups is 1. The molecule has 0 aliphatic rings. The summed E-state index contributed by atoms with van der Waals surface area (Å²) in [6.07, 6.45) is 4.38. The van der Waals surface area contributed by atoms with Crippen molar-refractivity contribution in [1.29, 1.82) is 0 Å². The van der Waals surface area contributed by atoms with Gasteiger partial charge in [-0.3, -0.25) is 9.52 Å². The van der Waals surface area contributed by atoms with Crippen LogP contribution in [0, 0.1) is 0 Å². The second-order valence-electron chi connectivity index (χ2n) is 3.23. The Labute approximate surface area is 105 Å². The third-order valence-electron chi connectivity index (χ3n) is 1.97. The fraction of sp³-hybridized carbons (Fsp3) is 0.200. The Balaban J connectivity index is 2.75. The van der Waals surface area contributed by atoms with Crippen LogP contribution in [0.1, 0.15) is 5.56 Å². The van der Waals surface area contributed by atoms with Crippen LogP contribution >= 0.6 is 0 Å². The summed E-state index contributed by atoms with van der Waals surface area (Å²) in [5, 5.41) is 2.44. The predicted octanol–water partition coefficient (Wildman–Crippen LogP) is -0.283. The van der Waals surface area contributed by atoms with Gasteiger partial charge >= 0.3 is 0 Å². The molecule has 0 bridgehead atoms. The highest BCUT2D eigenvalue weighted by Gasteiger charge is 2.06. The smallest absolute Gasteiger partial charge is 0.300 e. The number of hydrogen-bond donors (Lipinski definition) is 3. The third-order valence-corrected chi connectivity index (χ3v) is 2.98. The molecule has 3 N–H and O–H groups in total. The summed E-state index contributed by atoms with van der Waals surface area (Å²) in [7, 11) is -0.737. The van der Waals surface area contributed by atoms with Crippen LogP contribution < -0.4 is 14.8 Å². The van der Waals surface area contributed by atoms with E-state index in [9.17, 15) is 13.2 Å². The number of carbonyl (C=O) groups excluding carboxylic acids is 1. The first kappa shape index (κ1) is 14.1. The molecular formula is C10H14N4O3S. The molecule has 0 fully saturated rings. The fourth-order valence-corrected chi connectivity index (χ4v) is 1.51. The number of amides is 1. The highest BCUT2D eigenvalue weighted by molar-refractivity contribution is 7.90. The normalized spacial score (nSPS) is 11.4. The molecule has 0 unspecified atom stereocenters. The third kappa shape index (κ3) is 4.52. The highest BCUT2D eigenvalue weighted by Crippen LogP contribution is 2.07. The summed E-state index contributed by atoms with van der Waals surface area (Å²) in [4.78, 5) is 14.9. The fourth-order valence-electron chi connectivity index (χ4n) is 1.01. The largest absolute Gasteiger partial charge is 0.356 e. The van der Waals surface area contributed by atoms with Gasteiger partial charge in [0.25, 0.3) is 10.2 Å². The minimum Gasteiger partial charge on any atom is -0.356 e. The van der Waals surface area contributed by atoms with E-state index in [1.807, 2.05) is 0 Å². The van der Waals surface area contributed by atoms with E-state index in [4.69, 9.17) is 0 Å². The lowest BCUT2D eigenvalue weighted by atomic mass is 10.2. The van der Waals surface area contributed by atoms with E-state index < -0.39 is 10.2 Å². The molecule has 0 aromatic carbocycles. The molecule has 0 aliphatic carbocycles. The Morgan fingerprint density at radius 1 is 1.33 bits per heavy atom. The average molecular weight is 270 g/mol. The zero-order valence-corrected chi connectivity index (χ0v) is 10.8. The van der Waals surface area contributed by atoms with E-state index in [2.05, 4.69) is 19.7 Å². The van der Waals surface area contributed by atoms with Crippen LogP contribution in [0.4, 0.5) is 5.82 Å². The molecule has 1 amide bonds. The number of likely N-dealkylation sites (N-methyl/N-ethyl adjacent to an activating group) is 1. The Bertz CT molecular complexity index is 537. The lowest BCUT2D eigenvalue weighted by molar-refractivity contribution is -0.115. The molecule has 18 heavy (non-hydrogen) atoms. The first-order valence-corrected chi connectivity index (χ1v) is 6.52. The molecule has 7 nitrogen and oxygen atoms in total. The van der Waals surface area contributed by atoms with Gasteiger partial charge in [0.05, 0.1) is 0 Å². The minimum absolute atomic E-state index is 0.196. The summed E-state index contributed by atoms with van der Waals surface area (Å²) in [6.45, 7) is 0. The van der Waals surface area contributed by atoms with Crippen molar-refractivity contribution in [2.24, 2.45) is 0 Å². The van der Waals surface area contributed by atoms with Crippen LogP contribution in [0.25, 0.3) is 6.08 Å². The topological polar surface area (TPSA) is 100 Å². The van der Waals surface area contributed by atoms with Crippen molar-refractivity contribution in [1.82, 2.24) is 15.0 Å². The number of rotatable bonds is 5. The Morgan fingerprint density at radius 2 is 2.06 bits per heavy atom. The van der Waals surface area contributed by atoms with Crippen LogP contribution in [0.5, 0.6) is 0 Å². The van der Waals surface area contributed by atoms with Gasteiger partial charge in [0.15, 0.2) is 0 Å². The van der Waals surface area contributed by atoms with Crippen molar-refractivity contribution in [3.63, 3.8) is 0 Å². The first-order chi connectivity index (χ1) is 8.46. The van der Waals surface area contributed by atoms with Crippen molar-refractivity contribution in [2.45, 2.75) is 0 Å². The highest BCUT2D eigenvalue weighted by atomic mass is 32.2. The van der Waals surface area contributed by atoms with Crippen LogP contribution in [-0.4, -0.2) is 33.4 Å². The second-order valence-corrected chi connectivity index (χ2v) is 4.85. The van der Waals surface area contributed by atoms with Gasteiger partial charge in [0, 0.05) is 26.4 Å². The zero-order valence-electron chi connectivity index (χ0n) is 9.97. The Kier molecular flexibility index (Phi) is 4.81. The van der Waals surface area contributed by atoms with Gasteiger partial charge in [0.1, 0.15) is 5.82 Å². The molecule has 0 saturated carbocycles. The summed E-state index contributed by atoms with van der Waals surface area (Å²) < 4.78 is 26.7. The molecule has 1 rings (SSSR count). The molecule has 0 radical (unpaired) electrons. The maximum Gasteiger partial charge on any atom is 0.300 e. The lowest BCUT2D eigenvalue weighted by Crippen LogP contribution is -2.26. The first-order valence-electron chi connectivity index (χ1n) is 5.04. The zero-order chi connectivity index (χ0) is 13.6. The predicted molar refractivity (Wildman–Crippen MR) is 68.9 cm³/mol. The SMILES string of the molecule is CNC(=O)C=Cc1ccc(NS(=O)(=O)NC)nc1. The average Bonchev–Trinajstić information content (AvgIpc) is 2.37. The van der Waals surface area contributed by atoms with Crippen molar-refractivity contribution >= 4 is 28.0 Å². The van der Waals surface area contributed by atoms with Gasteiger partial charge in [-0.2, -0.15) is 8.42 Å². The van der Waals surface area contributed by atoms with E-state index in [0.29, 0.717) is 5.56 Å². The number of pyridine rings is 1. The quantitative estimate of drug-likeness (QED) is 0.640. The Morgan fingerprint density at radius 3 is 2.56 bits per heavy atom. The van der Waals surface area contributed by atoms with E-state index in [1.165, 1.54) is 32.4 Å². The lowest BCUT2D eigenvalue weighted by Gasteiger charge is -2.05. The van der Waals surface area contributed by atoms with Gasteiger partial charge in [-0.15, -0.1) is 0 Å². The molecule has 1 heterocycles. The number of nitrogens with zero attached hydrogens (tertiary/aromatic N) is 1. The molecule has 0 saturated heterocycles. The van der Waals surface area contributed by atoms with Crippen LogP contribution in [0.15, 0.2) is 24.4 Å². The monoisotopic (exact) mass is 270 g/mol. The summed E-state index contributed by atoms with van der Waals surface area (Å²) in [5.74, 6) is -0.0311. The van der Waals surface area contributed by atoms with E-state index in [1.54, 1.807) is 12.1 Å². The number of nitrogens with one attached hydrogen (secondary N) is 3. The van der Waals surface area contributed by atoms with Gasteiger partial charge in [-0.1, -0.05) is 0 Å². The number of anilines is 1. The van der Waals surface area contributed by atoms with Gasteiger partial charge in [0.2, 0.25) is 5.91 Å².